The van der Waals surface area contributed by atoms with Crippen molar-refractivity contribution in [2.75, 3.05) is 19.0 Å². The van der Waals surface area contributed by atoms with Gasteiger partial charge in [-0.25, -0.2) is 4.79 Å². The van der Waals surface area contributed by atoms with Crippen LogP contribution in [-0.2, 0) is 9.53 Å². The second kappa shape index (κ2) is 9.22. The lowest BCUT2D eigenvalue weighted by molar-refractivity contribution is -0.112. The summed E-state index contributed by atoms with van der Waals surface area (Å²) in [6.45, 7) is 5.79. The molecule has 1 N–H and O–H groups in total. The molecule has 2 rings (SSSR count). The van der Waals surface area contributed by atoms with Gasteiger partial charge in [-0.3, -0.25) is 4.79 Å². The summed E-state index contributed by atoms with van der Waals surface area (Å²) < 4.78 is 10.1. The molecule has 0 radical (unpaired) electrons. The summed E-state index contributed by atoms with van der Waals surface area (Å²) in [7, 11) is 1.32. The number of carbonyl (C=O) groups excluding carboxylic acids is 2. The lowest BCUT2D eigenvalue weighted by Crippen LogP contribution is -2.12. The highest BCUT2D eigenvalue weighted by molar-refractivity contribution is 6.06. The molecule has 0 aliphatic heterocycles. The fraction of sp³-hybridized carbons (Fsp3) is 0.143. The fourth-order valence-electron chi connectivity index (χ4n) is 2.17. The zero-order valence-electron chi connectivity index (χ0n) is 14.8. The van der Waals surface area contributed by atoms with E-state index >= 15 is 0 Å². The molecule has 1 amide bonds. The van der Waals surface area contributed by atoms with Crippen LogP contribution in [0.2, 0.25) is 0 Å². The monoisotopic (exact) mass is 351 g/mol. The van der Waals surface area contributed by atoms with Gasteiger partial charge < -0.3 is 14.8 Å². The minimum atomic E-state index is -0.417. The molecule has 5 nitrogen and oxygen atoms in total. The van der Waals surface area contributed by atoms with Crippen LogP contribution in [0.5, 0.6) is 5.75 Å². The topological polar surface area (TPSA) is 64.6 Å². The summed E-state index contributed by atoms with van der Waals surface area (Å²) in [6, 6.07) is 13.9. The first-order valence-corrected chi connectivity index (χ1v) is 8.05. The quantitative estimate of drug-likeness (QED) is 0.464. The van der Waals surface area contributed by atoms with Crippen LogP contribution in [0.3, 0.4) is 0 Å². The Hall–Kier alpha value is -3.34. The largest absolute Gasteiger partial charge is 0.490 e. The van der Waals surface area contributed by atoms with Crippen molar-refractivity contribution >= 4 is 23.6 Å². The van der Waals surface area contributed by atoms with Crippen molar-refractivity contribution in [2.45, 2.75) is 6.92 Å². The number of methoxy groups -OCH3 is 1. The average molecular weight is 351 g/mol. The Labute approximate surface area is 152 Å². The first-order chi connectivity index (χ1) is 12.5. The van der Waals surface area contributed by atoms with Gasteiger partial charge in [0, 0.05) is 11.3 Å². The average Bonchev–Trinajstić information content (AvgIpc) is 2.67. The minimum absolute atomic E-state index is 0.220. The molecule has 2 aromatic carbocycles. The molecule has 0 aliphatic rings. The molecule has 0 spiro atoms. The number of benzene rings is 2. The van der Waals surface area contributed by atoms with Gasteiger partial charge in [-0.1, -0.05) is 24.8 Å². The normalized spacial score (nSPS) is 10.8. The molecule has 0 heterocycles. The third kappa shape index (κ3) is 5.34. The summed E-state index contributed by atoms with van der Waals surface area (Å²) in [5.41, 5.74) is 2.48. The van der Waals surface area contributed by atoms with Crippen molar-refractivity contribution in [3.8, 4) is 5.75 Å². The van der Waals surface area contributed by atoms with Crippen molar-refractivity contribution in [1.29, 1.82) is 0 Å². The molecule has 0 aromatic heterocycles. The van der Waals surface area contributed by atoms with Crippen molar-refractivity contribution < 1.29 is 19.1 Å². The van der Waals surface area contributed by atoms with E-state index in [4.69, 9.17) is 4.74 Å². The predicted octanol–water partition coefficient (Wildman–Crippen LogP) is 4.08. The van der Waals surface area contributed by atoms with E-state index < -0.39 is 5.97 Å². The standard InChI is InChI=1S/C21H21NO4/c1-4-13-26-19-11-5-16(6-12-19)14-15(2)20(23)22-18-9-7-17(8-10-18)21(24)25-3/h4-12,14H,1,13H2,2-3H3,(H,22,23)/b15-14+. The highest BCUT2D eigenvalue weighted by Gasteiger charge is 2.08. The Morgan fingerprint density at radius 1 is 1.08 bits per heavy atom. The van der Waals surface area contributed by atoms with Gasteiger partial charge in [0.15, 0.2) is 0 Å². The SMILES string of the molecule is C=CCOc1ccc(/C=C(\C)C(=O)Nc2ccc(C(=O)OC)cc2)cc1. The molecule has 0 saturated carbocycles. The van der Waals surface area contributed by atoms with Crippen LogP contribution >= 0.6 is 0 Å². The van der Waals surface area contributed by atoms with Crippen molar-refractivity contribution in [3.05, 3.63) is 77.9 Å². The van der Waals surface area contributed by atoms with E-state index in [0.29, 0.717) is 23.4 Å². The molecule has 0 saturated heterocycles. The van der Waals surface area contributed by atoms with Crippen LogP contribution in [0.25, 0.3) is 6.08 Å². The Bertz CT molecular complexity index is 805. The lowest BCUT2D eigenvalue weighted by Gasteiger charge is -2.07. The molecule has 134 valence electrons. The molecule has 0 aliphatic carbocycles. The first kappa shape index (κ1) is 19.0. The number of nitrogens with one attached hydrogen (secondary N) is 1. The predicted molar refractivity (Wildman–Crippen MR) is 102 cm³/mol. The number of ether oxygens (including phenoxy) is 2. The zero-order chi connectivity index (χ0) is 18.9. The van der Waals surface area contributed by atoms with E-state index in [2.05, 4.69) is 16.6 Å². The van der Waals surface area contributed by atoms with Gasteiger partial charge in [-0.2, -0.15) is 0 Å². The molecule has 0 unspecified atom stereocenters. The summed E-state index contributed by atoms with van der Waals surface area (Å²) in [6.07, 6.45) is 3.47. The zero-order valence-corrected chi connectivity index (χ0v) is 14.8. The van der Waals surface area contributed by atoms with Crippen LogP contribution in [0.4, 0.5) is 5.69 Å². The summed E-state index contributed by atoms with van der Waals surface area (Å²) in [5.74, 6) is 0.108. The van der Waals surface area contributed by atoms with Gasteiger partial charge >= 0.3 is 5.97 Å². The molecule has 0 fully saturated rings. The molecule has 5 heteroatoms. The van der Waals surface area contributed by atoms with E-state index in [1.54, 1.807) is 43.3 Å². The number of anilines is 1. The summed E-state index contributed by atoms with van der Waals surface area (Å²) in [5, 5.41) is 2.79. The summed E-state index contributed by atoms with van der Waals surface area (Å²) in [4.78, 5) is 23.7. The van der Waals surface area contributed by atoms with Crippen LogP contribution in [-0.4, -0.2) is 25.6 Å². The first-order valence-electron chi connectivity index (χ1n) is 8.05. The smallest absolute Gasteiger partial charge is 0.337 e. The second-order valence-electron chi connectivity index (χ2n) is 5.52. The Morgan fingerprint density at radius 3 is 2.31 bits per heavy atom. The lowest BCUT2D eigenvalue weighted by atomic mass is 10.1. The minimum Gasteiger partial charge on any atom is -0.490 e. The maximum atomic E-state index is 12.3. The van der Waals surface area contributed by atoms with Gasteiger partial charge in [0.25, 0.3) is 5.91 Å². The number of amides is 1. The summed E-state index contributed by atoms with van der Waals surface area (Å²) >= 11 is 0. The number of esters is 1. The van der Waals surface area contributed by atoms with Crippen molar-refractivity contribution in [1.82, 2.24) is 0 Å². The van der Waals surface area contributed by atoms with Crippen LogP contribution < -0.4 is 10.1 Å². The molecule has 0 bridgehead atoms. The third-order valence-corrected chi connectivity index (χ3v) is 3.55. The molecule has 26 heavy (non-hydrogen) atoms. The van der Waals surface area contributed by atoms with E-state index in [1.807, 2.05) is 24.3 Å². The maximum Gasteiger partial charge on any atom is 0.337 e. The van der Waals surface area contributed by atoms with Gasteiger partial charge in [0.05, 0.1) is 12.7 Å². The van der Waals surface area contributed by atoms with Gasteiger partial charge in [-0.15, -0.1) is 0 Å². The van der Waals surface area contributed by atoms with E-state index in [1.165, 1.54) is 7.11 Å². The van der Waals surface area contributed by atoms with Crippen LogP contribution in [0.1, 0.15) is 22.8 Å². The highest BCUT2D eigenvalue weighted by atomic mass is 16.5. The highest BCUT2D eigenvalue weighted by Crippen LogP contribution is 2.16. The number of hydrogen-bond acceptors (Lipinski definition) is 4. The number of carbonyl (C=O) groups is 2. The van der Waals surface area contributed by atoms with Crippen LogP contribution in [0.15, 0.2) is 66.8 Å². The Morgan fingerprint density at radius 2 is 1.73 bits per heavy atom. The Kier molecular flexibility index (Phi) is 6.74. The van der Waals surface area contributed by atoms with Gasteiger partial charge in [-0.05, 0) is 55.0 Å². The van der Waals surface area contributed by atoms with Crippen LogP contribution in [0, 0.1) is 0 Å². The van der Waals surface area contributed by atoms with E-state index in [0.717, 1.165) is 11.3 Å². The third-order valence-electron chi connectivity index (χ3n) is 3.55. The number of rotatable bonds is 7. The number of hydrogen-bond donors (Lipinski definition) is 1. The maximum absolute atomic E-state index is 12.3. The molecular formula is C21H21NO4. The van der Waals surface area contributed by atoms with Crippen molar-refractivity contribution in [3.63, 3.8) is 0 Å². The second-order valence-corrected chi connectivity index (χ2v) is 5.52. The van der Waals surface area contributed by atoms with E-state index in [-0.39, 0.29) is 5.91 Å². The fourth-order valence-corrected chi connectivity index (χ4v) is 2.17. The van der Waals surface area contributed by atoms with E-state index in [9.17, 15) is 9.59 Å². The van der Waals surface area contributed by atoms with Gasteiger partial charge in [0.1, 0.15) is 12.4 Å². The molecule has 0 atom stereocenters. The Balaban J connectivity index is 2.00. The molecular weight excluding hydrogens is 330 g/mol. The van der Waals surface area contributed by atoms with Gasteiger partial charge in [0.2, 0.25) is 0 Å². The molecule has 2 aromatic rings. The van der Waals surface area contributed by atoms with Crippen molar-refractivity contribution in [2.24, 2.45) is 0 Å².